The fourth-order valence-electron chi connectivity index (χ4n) is 2.63. The molecule has 0 amide bonds. The summed E-state index contributed by atoms with van der Waals surface area (Å²) in [6.45, 7) is -0.285. The van der Waals surface area contributed by atoms with Gasteiger partial charge in [-0.05, 0) is 17.5 Å². The lowest BCUT2D eigenvalue weighted by Crippen LogP contribution is -1.98. The van der Waals surface area contributed by atoms with Crippen LogP contribution in [0.15, 0.2) is 58.8 Å². The van der Waals surface area contributed by atoms with Crippen LogP contribution < -0.4 is 0 Å². The Hall–Kier alpha value is -3.52. The van der Waals surface area contributed by atoms with Crippen LogP contribution in [0.3, 0.4) is 0 Å². The fraction of sp³-hybridized carbons (Fsp3) is 0.111. The summed E-state index contributed by atoms with van der Waals surface area (Å²) in [5.41, 5.74) is 0.158. The summed E-state index contributed by atoms with van der Waals surface area (Å²) in [6.07, 6.45) is 0.0403. The molecule has 8 nitrogen and oxygen atoms in total. The van der Waals surface area contributed by atoms with Gasteiger partial charge in [0, 0.05) is 24.0 Å². The Morgan fingerprint density at radius 2 is 1.77 bits per heavy atom. The Morgan fingerprint density at radius 1 is 1.00 bits per heavy atom. The lowest BCUT2D eigenvalue weighted by Gasteiger charge is -2.06. The number of nitrogens with zero attached hydrogens (tertiary/aromatic N) is 3. The van der Waals surface area contributed by atoms with Crippen LogP contribution in [-0.4, -0.2) is 26.8 Å². The van der Waals surface area contributed by atoms with E-state index in [-0.39, 0.29) is 41.4 Å². The quantitative estimate of drug-likeness (QED) is 0.361. The van der Waals surface area contributed by atoms with Gasteiger partial charge >= 0.3 is 0 Å². The van der Waals surface area contributed by atoms with Gasteiger partial charge in [-0.3, -0.25) is 10.1 Å². The highest BCUT2D eigenvalue weighted by atomic mass is 16.6. The van der Waals surface area contributed by atoms with E-state index >= 15 is 0 Å². The number of aliphatic hydroxyl groups is 1. The first-order valence-electron chi connectivity index (χ1n) is 7.75. The second-order valence-electron chi connectivity index (χ2n) is 5.55. The first-order valence-corrected chi connectivity index (χ1v) is 7.75. The largest absolute Gasteiger partial charge is 0.506 e. The van der Waals surface area contributed by atoms with Crippen molar-refractivity contribution in [3.05, 3.63) is 64.2 Å². The molecule has 3 rings (SSSR count). The van der Waals surface area contributed by atoms with Crippen LogP contribution in [-0.2, 0) is 6.42 Å². The van der Waals surface area contributed by atoms with Crippen molar-refractivity contribution in [1.29, 1.82) is 0 Å². The second-order valence-corrected chi connectivity index (χ2v) is 5.55. The highest BCUT2D eigenvalue weighted by Gasteiger charge is 2.18. The first kappa shape index (κ1) is 17.3. The molecule has 0 unspecified atom stereocenters. The van der Waals surface area contributed by atoms with Gasteiger partial charge in [0.25, 0.3) is 5.69 Å². The normalized spacial score (nSPS) is 11.3. The van der Waals surface area contributed by atoms with E-state index < -0.39 is 10.7 Å². The third kappa shape index (κ3) is 3.31. The molecule has 26 heavy (non-hydrogen) atoms. The van der Waals surface area contributed by atoms with E-state index in [0.717, 1.165) is 11.5 Å². The van der Waals surface area contributed by atoms with Gasteiger partial charge in [0.2, 0.25) is 0 Å². The second kappa shape index (κ2) is 7.16. The van der Waals surface area contributed by atoms with E-state index in [4.69, 9.17) is 5.11 Å². The molecule has 0 bridgehead atoms. The van der Waals surface area contributed by atoms with Crippen LogP contribution in [0.4, 0.5) is 17.1 Å². The summed E-state index contributed by atoms with van der Waals surface area (Å²) in [7, 11) is 0. The topological polar surface area (TPSA) is 129 Å². The van der Waals surface area contributed by atoms with Crippen molar-refractivity contribution in [1.82, 2.24) is 0 Å². The summed E-state index contributed by atoms with van der Waals surface area (Å²) in [6, 6.07) is 12.8. The molecule has 0 aliphatic heterocycles. The van der Waals surface area contributed by atoms with E-state index in [1.807, 2.05) is 12.1 Å². The van der Waals surface area contributed by atoms with Crippen molar-refractivity contribution < 1.29 is 20.2 Å². The number of nitro groups is 1. The minimum atomic E-state index is -0.637. The van der Waals surface area contributed by atoms with E-state index in [2.05, 4.69) is 10.2 Å². The van der Waals surface area contributed by atoms with E-state index in [0.29, 0.717) is 5.39 Å². The van der Waals surface area contributed by atoms with Gasteiger partial charge in [0.15, 0.2) is 0 Å². The van der Waals surface area contributed by atoms with Crippen LogP contribution in [0, 0.1) is 10.1 Å². The Balaban J connectivity index is 2.08. The van der Waals surface area contributed by atoms with Gasteiger partial charge in [0.1, 0.15) is 22.9 Å². The number of benzene rings is 3. The van der Waals surface area contributed by atoms with Crippen molar-refractivity contribution in [3.63, 3.8) is 0 Å². The molecule has 3 N–H and O–H groups in total. The molecule has 0 saturated carbocycles. The average Bonchev–Trinajstić information content (AvgIpc) is 2.63. The Labute approximate surface area is 147 Å². The number of hydrogen-bond acceptors (Lipinski definition) is 7. The fourth-order valence-corrected chi connectivity index (χ4v) is 2.63. The summed E-state index contributed by atoms with van der Waals surface area (Å²) < 4.78 is 0. The Morgan fingerprint density at radius 3 is 2.50 bits per heavy atom. The standard InChI is InChI=1S/C18H15N3O5/c22-8-7-12-9-14(17(24)10-15(12)21(25)26)19-20-18-13-4-2-1-3-11(13)5-6-16(18)23/h1-6,9-10,22-24H,7-8H2. The maximum atomic E-state index is 11.1. The molecule has 3 aromatic rings. The number of phenols is 2. The van der Waals surface area contributed by atoms with E-state index in [1.54, 1.807) is 18.2 Å². The minimum Gasteiger partial charge on any atom is -0.506 e. The molecule has 0 aliphatic rings. The number of nitro benzene ring substituents is 1. The number of rotatable bonds is 5. The molecule has 0 fully saturated rings. The summed E-state index contributed by atoms with van der Waals surface area (Å²) in [5.74, 6) is -0.494. The number of azo groups is 1. The predicted molar refractivity (Wildman–Crippen MR) is 95.3 cm³/mol. The van der Waals surface area contributed by atoms with Crippen LogP contribution in [0.1, 0.15) is 5.56 Å². The molecule has 0 radical (unpaired) electrons. The van der Waals surface area contributed by atoms with Crippen molar-refractivity contribution in [2.45, 2.75) is 6.42 Å². The summed E-state index contributed by atoms with van der Waals surface area (Å²) in [5, 5.41) is 49.7. The van der Waals surface area contributed by atoms with E-state index in [9.17, 15) is 20.3 Å². The van der Waals surface area contributed by atoms with E-state index in [1.165, 1.54) is 12.1 Å². The number of hydrogen-bond donors (Lipinski definition) is 3. The van der Waals surface area contributed by atoms with Crippen LogP contribution >= 0.6 is 0 Å². The van der Waals surface area contributed by atoms with Crippen molar-refractivity contribution in [2.75, 3.05) is 6.61 Å². The maximum absolute atomic E-state index is 11.1. The Bertz CT molecular complexity index is 1020. The van der Waals surface area contributed by atoms with Crippen LogP contribution in [0.25, 0.3) is 10.8 Å². The molecule has 132 valence electrons. The maximum Gasteiger partial charge on any atom is 0.276 e. The summed E-state index contributed by atoms with van der Waals surface area (Å²) in [4.78, 5) is 10.4. The molecule has 0 spiro atoms. The molecular formula is C18H15N3O5. The SMILES string of the molecule is O=[N+]([O-])c1cc(O)c(N=Nc2c(O)ccc3ccccc23)cc1CCO. The van der Waals surface area contributed by atoms with Crippen LogP contribution in [0.2, 0.25) is 0 Å². The lowest BCUT2D eigenvalue weighted by molar-refractivity contribution is -0.385. The zero-order valence-corrected chi connectivity index (χ0v) is 13.5. The number of fused-ring (bicyclic) bond motifs is 1. The zero-order valence-electron chi connectivity index (χ0n) is 13.5. The third-order valence-corrected chi connectivity index (χ3v) is 3.89. The van der Waals surface area contributed by atoms with Gasteiger partial charge in [-0.25, -0.2) is 0 Å². The van der Waals surface area contributed by atoms with Crippen LogP contribution in [0.5, 0.6) is 11.5 Å². The number of aliphatic hydroxyl groups excluding tert-OH is 1. The van der Waals surface area contributed by atoms with Gasteiger partial charge < -0.3 is 15.3 Å². The molecule has 0 aromatic heterocycles. The molecule has 0 heterocycles. The smallest absolute Gasteiger partial charge is 0.276 e. The summed E-state index contributed by atoms with van der Waals surface area (Å²) >= 11 is 0. The van der Waals surface area contributed by atoms with Crippen molar-refractivity contribution >= 4 is 27.8 Å². The monoisotopic (exact) mass is 353 g/mol. The lowest BCUT2D eigenvalue weighted by atomic mass is 10.1. The number of phenolic OH excluding ortho intramolecular Hbond substituents is 2. The van der Waals surface area contributed by atoms with Crippen molar-refractivity contribution in [3.8, 4) is 11.5 Å². The third-order valence-electron chi connectivity index (χ3n) is 3.89. The molecule has 8 heteroatoms. The molecule has 0 aliphatic carbocycles. The zero-order chi connectivity index (χ0) is 18.7. The predicted octanol–water partition coefficient (Wildman–Crippen LogP) is 4.11. The first-order chi connectivity index (χ1) is 12.5. The van der Waals surface area contributed by atoms with Gasteiger partial charge in [-0.15, -0.1) is 10.2 Å². The number of aromatic hydroxyl groups is 2. The highest BCUT2D eigenvalue weighted by Crippen LogP contribution is 2.39. The molecule has 3 aromatic carbocycles. The van der Waals surface area contributed by atoms with Gasteiger partial charge in [-0.2, -0.15) is 0 Å². The highest BCUT2D eigenvalue weighted by molar-refractivity contribution is 5.95. The average molecular weight is 353 g/mol. The minimum absolute atomic E-state index is 0.00591. The molecular weight excluding hydrogens is 338 g/mol. The van der Waals surface area contributed by atoms with Gasteiger partial charge in [0.05, 0.1) is 11.0 Å². The molecule has 0 saturated heterocycles. The Kier molecular flexibility index (Phi) is 4.76. The molecule has 0 atom stereocenters. The van der Waals surface area contributed by atoms with Gasteiger partial charge in [-0.1, -0.05) is 30.3 Å². The van der Waals surface area contributed by atoms with Crippen molar-refractivity contribution in [2.24, 2.45) is 10.2 Å².